The van der Waals surface area contributed by atoms with Crippen molar-refractivity contribution in [2.45, 2.75) is 19.5 Å². The van der Waals surface area contributed by atoms with Crippen molar-refractivity contribution in [2.24, 2.45) is 5.73 Å². The van der Waals surface area contributed by atoms with Crippen LogP contribution in [0.5, 0.6) is 5.75 Å². The summed E-state index contributed by atoms with van der Waals surface area (Å²) in [5, 5.41) is 28.2. The van der Waals surface area contributed by atoms with E-state index >= 15 is 0 Å². The molecular weight excluding hydrogens is 474 g/mol. The van der Waals surface area contributed by atoms with Gasteiger partial charge in [0.1, 0.15) is 23.0 Å². The fraction of sp³-hybridized carbons (Fsp3) is 0.111. The lowest BCUT2D eigenvalue weighted by atomic mass is 9.97. The molecule has 0 radical (unpaired) electrons. The quantitative estimate of drug-likeness (QED) is 0.210. The van der Waals surface area contributed by atoms with E-state index in [9.17, 15) is 20.0 Å². The van der Waals surface area contributed by atoms with Crippen LogP contribution in [0.4, 0.5) is 11.5 Å². The molecule has 180 valence electrons. The van der Waals surface area contributed by atoms with E-state index in [1.54, 1.807) is 60.0 Å². The third-order valence-corrected chi connectivity index (χ3v) is 6.24. The normalized spacial score (nSPS) is 12.3. The zero-order chi connectivity index (χ0) is 25.9. The topological polar surface area (TPSA) is 141 Å². The number of carbonyl (C=O) groups is 2. The third kappa shape index (κ3) is 5.25. The molecule has 0 spiro atoms. The molecule has 8 nitrogen and oxygen atoms in total. The third-order valence-electron chi connectivity index (χ3n) is 5.37. The number of aldehydes is 1. The van der Waals surface area contributed by atoms with Gasteiger partial charge in [0.05, 0.1) is 10.6 Å². The largest absolute Gasteiger partial charge is 0.507 e. The number of aromatic hydroxyl groups is 1. The summed E-state index contributed by atoms with van der Waals surface area (Å²) in [4.78, 5) is 29.1. The van der Waals surface area contributed by atoms with E-state index in [4.69, 9.17) is 5.73 Å². The molecule has 0 fully saturated rings. The van der Waals surface area contributed by atoms with Gasteiger partial charge in [0, 0.05) is 16.8 Å². The van der Waals surface area contributed by atoms with Crippen molar-refractivity contribution in [1.29, 1.82) is 5.26 Å². The molecule has 0 saturated carbocycles. The molecule has 1 atom stereocenters. The smallest absolute Gasteiger partial charge is 0.266 e. The number of amides is 1. The highest BCUT2D eigenvalue weighted by Crippen LogP contribution is 2.36. The number of hydrogen-bond acceptors (Lipinski definition) is 8. The molecule has 0 saturated heterocycles. The molecule has 4 rings (SSSR count). The van der Waals surface area contributed by atoms with Gasteiger partial charge in [-0.2, -0.15) is 5.26 Å². The maximum Gasteiger partial charge on any atom is 0.266 e. The molecule has 2 aromatic carbocycles. The molecule has 4 aromatic rings. The van der Waals surface area contributed by atoms with Crippen LogP contribution >= 0.6 is 11.3 Å². The molecule has 2 heterocycles. The van der Waals surface area contributed by atoms with Crippen LogP contribution in [0.15, 0.2) is 66.0 Å². The standard InChI is InChI=1S/C27H23N5O3S/c1-16-8-9-19(23(34)11-16)22-13-20(17-5-3-6-18(12-17)32-27(2,29)15-33)21(14-28)25(30-22)31-26(35)24-7-4-10-36-24/h3-13,15,32,34H,29H2,1-2H3,(H,30,31,35)/t27-/m0/s1. The predicted octanol–water partition coefficient (Wildman–Crippen LogP) is 4.90. The Bertz CT molecular complexity index is 1490. The average molecular weight is 498 g/mol. The minimum Gasteiger partial charge on any atom is -0.507 e. The Hall–Kier alpha value is -4.52. The van der Waals surface area contributed by atoms with Gasteiger partial charge in [-0.15, -0.1) is 11.3 Å². The summed E-state index contributed by atoms with van der Waals surface area (Å²) >= 11 is 1.27. The van der Waals surface area contributed by atoms with Crippen LogP contribution in [0, 0.1) is 18.3 Å². The van der Waals surface area contributed by atoms with Crippen molar-refractivity contribution in [2.75, 3.05) is 10.6 Å². The van der Waals surface area contributed by atoms with Crippen LogP contribution in [0.1, 0.15) is 27.7 Å². The number of aromatic nitrogens is 1. The number of pyridine rings is 1. The Morgan fingerprint density at radius 1 is 1.17 bits per heavy atom. The highest BCUT2D eigenvalue weighted by Gasteiger charge is 2.21. The maximum absolute atomic E-state index is 12.8. The second-order valence-corrected chi connectivity index (χ2v) is 9.40. The SMILES string of the molecule is Cc1ccc(-c2cc(-c3cccc(N[C@](C)(N)C=O)c3)c(C#N)c(NC(=O)c3cccs3)n2)c(O)c1. The van der Waals surface area contributed by atoms with Crippen LogP contribution < -0.4 is 16.4 Å². The molecule has 0 aliphatic carbocycles. The van der Waals surface area contributed by atoms with Gasteiger partial charge >= 0.3 is 0 Å². The van der Waals surface area contributed by atoms with E-state index < -0.39 is 11.6 Å². The summed E-state index contributed by atoms with van der Waals surface area (Å²) in [6.45, 7) is 3.40. The van der Waals surface area contributed by atoms with Crippen LogP contribution in [0.2, 0.25) is 0 Å². The lowest BCUT2D eigenvalue weighted by molar-refractivity contribution is -0.110. The molecule has 36 heavy (non-hydrogen) atoms. The fourth-order valence-electron chi connectivity index (χ4n) is 3.65. The van der Waals surface area contributed by atoms with Gasteiger partial charge in [-0.25, -0.2) is 4.98 Å². The average Bonchev–Trinajstić information content (AvgIpc) is 3.39. The predicted molar refractivity (Wildman–Crippen MR) is 141 cm³/mol. The van der Waals surface area contributed by atoms with Crippen molar-refractivity contribution >= 4 is 35.0 Å². The van der Waals surface area contributed by atoms with Gasteiger partial charge in [-0.3, -0.25) is 9.59 Å². The first-order chi connectivity index (χ1) is 17.2. The van der Waals surface area contributed by atoms with Gasteiger partial charge < -0.3 is 21.5 Å². The Kier molecular flexibility index (Phi) is 6.83. The number of phenolic OH excluding ortho intramolecular Hbond substituents is 1. The summed E-state index contributed by atoms with van der Waals surface area (Å²) in [6, 6.07) is 19.5. The monoisotopic (exact) mass is 497 g/mol. The van der Waals surface area contributed by atoms with Gasteiger partial charge in [-0.05, 0) is 66.8 Å². The molecule has 5 N–H and O–H groups in total. The number of anilines is 2. The molecule has 1 amide bonds. The Labute approximate surface area is 212 Å². The first kappa shape index (κ1) is 24.6. The van der Waals surface area contributed by atoms with Crippen molar-refractivity contribution < 1.29 is 14.7 Å². The van der Waals surface area contributed by atoms with Crippen LogP contribution in [-0.2, 0) is 4.79 Å². The second kappa shape index (κ2) is 10.00. The Morgan fingerprint density at radius 3 is 2.64 bits per heavy atom. The van der Waals surface area contributed by atoms with E-state index in [-0.39, 0.29) is 17.1 Å². The Morgan fingerprint density at radius 2 is 1.97 bits per heavy atom. The lowest BCUT2D eigenvalue weighted by Gasteiger charge is -2.21. The van der Waals surface area contributed by atoms with Crippen LogP contribution in [0.3, 0.4) is 0 Å². The van der Waals surface area contributed by atoms with E-state index in [1.165, 1.54) is 18.3 Å². The molecular formula is C27H23N5O3S. The minimum absolute atomic E-state index is 0.0222. The van der Waals surface area contributed by atoms with Gasteiger partial charge in [0.15, 0.2) is 12.1 Å². The number of rotatable bonds is 7. The second-order valence-electron chi connectivity index (χ2n) is 8.45. The van der Waals surface area contributed by atoms with Gasteiger partial charge in [0.2, 0.25) is 0 Å². The molecule has 0 unspecified atom stereocenters. The Balaban J connectivity index is 1.89. The zero-order valence-electron chi connectivity index (χ0n) is 19.6. The number of nitrogens with two attached hydrogens (primary N) is 1. The number of benzene rings is 2. The van der Waals surface area contributed by atoms with Crippen molar-refractivity contribution in [3.63, 3.8) is 0 Å². The molecule has 0 aliphatic rings. The highest BCUT2D eigenvalue weighted by molar-refractivity contribution is 7.12. The van der Waals surface area contributed by atoms with Crippen molar-refractivity contribution in [3.05, 3.63) is 82.0 Å². The summed E-state index contributed by atoms with van der Waals surface area (Å²) in [7, 11) is 0. The van der Waals surface area contributed by atoms with Crippen LogP contribution in [0.25, 0.3) is 22.4 Å². The first-order valence-electron chi connectivity index (χ1n) is 10.9. The number of hydrogen-bond donors (Lipinski definition) is 4. The van der Waals surface area contributed by atoms with Crippen molar-refractivity contribution in [3.8, 4) is 34.2 Å². The molecule has 9 heteroatoms. The molecule has 2 aromatic heterocycles. The number of phenols is 1. The number of thiophene rings is 1. The van der Waals surface area contributed by atoms with Gasteiger partial charge in [-0.1, -0.05) is 24.3 Å². The number of nitrogens with zero attached hydrogens (tertiary/aromatic N) is 2. The molecule has 0 aliphatic heterocycles. The summed E-state index contributed by atoms with van der Waals surface area (Å²) in [5.74, 6) is -0.308. The summed E-state index contributed by atoms with van der Waals surface area (Å²) in [6.07, 6.45) is 0.600. The van der Waals surface area contributed by atoms with E-state index in [1.807, 2.05) is 13.0 Å². The lowest BCUT2D eigenvalue weighted by Crippen LogP contribution is -2.46. The summed E-state index contributed by atoms with van der Waals surface area (Å²) in [5.41, 5.74) is 8.16. The van der Waals surface area contributed by atoms with Crippen LogP contribution in [-0.4, -0.2) is 27.9 Å². The highest BCUT2D eigenvalue weighted by atomic mass is 32.1. The number of carbonyl (C=O) groups excluding carboxylic acids is 2. The maximum atomic E-state index is 12.8. The van der Waals surface area contributed by atoms with E-state index in [0.29, 0.717) is 39.2 Å². The van der Waals surface area contributed by atoms with E-state index in [2.05, 4.69) is 21.7 Å². The summed E-state index contributed by atoms with van der Waals surface area (Å²) < 4.78 is 0. The number of nitrogens with one attached hydrogen (secondary N) is 2. The number of aryl methyl sites for hydroxylation is 1. The number of nitriles is 1. The zero-order valence-corrected chi connectivity index (χ0v) is 20.4. The first-order valence-corrected chi connectivity index (χ1v) is 11.8. The fourth-order valence-corrected chi connectivity index (χ4v) is 4.27. The van der Waals surface area contributed by atoms with E-state index in [0.717, 1.165) is 5.56 Å². The minimum atomic E-state index is -1.28. The van der Waals surface area contributed by atoms with Gasteiger partial charge in [0.25, 0.3) is 5.91 Å². The van der Waals surface area contributed by atoms with Crippen molar-refractivity contribution in [1.82, 2.24) is 4.98 Å². The molecule has 0 bridgehead atoms.